The molecule has 0 aromatic heterocycles. The zero-order chi connectivity index (χ0) is 28.5. The van der Waals surface area contributed by atoms with Crippen LogP contribution in [0.1, 0.15) is 66.4 Å². The summed E-state index contributed by atoms with van der Waals surface area (Å²) in [7, 11) is 0. The number of rotatable bonds is 8. The molecule has 0 bridgehead atoms. The number of amides is 3. The number of likely N-dealkylation sites (tertiary alicyclic amines) is 1. The molecule has 214 valence electrons. The average molecular weight is 560 g/mol. The quantitative estimate of drug-likeness (QED) is 0.382. The van der Waals surface area contributed by atoms with E-state index in [-0.39, 0.29) is 42.9 Å². The van der Waals surface area contributed by atoms with Crippen molar-refractivity contribution in [2.45, 2.75) is 63.4 Å². The summed E-state index contributed by atoms with van der Waals surface area (Å²) in [5, 5.41) is 2.35. The molecule has 3 aliphatic heterocycles. The van der Waals surface area contributed by atoms with Crippen LogP contribution in [-0.4, -0.2) is 65.7 Å². The SMILES string of the molecule is C[C@]1(N2Cc3c(OCCCN4CCCC(c5cccc(OC(F)(F)F)c5)C4)cccc3C2=O)CCC(=O)NC1=O. The predicted molar refractivity (Wildman–Crippen MR) is 139 cm³/mol. The summed E-state index contributed by atoms with van der Waals surface area (Å²) in [6.07, 6.45) is -1.70. The van der Waals surface area contributed by atoms with Crippen LogP contribution in [0.3, 0.4) is 0 Å². The van der Waals surface area contributed by atoms with Crippen LogP contribution in [0, 0.1) is 0 Å². The van der Waals surface area contributed by atoms with Gasteiger partial charge in [0.2, 0.25) is 5.91 Å². The number of halogens is 3. The van der Waals surface area contributed by atoms with Gasteiger partial charge in [-0.05, 0) is 74.9 Å². The Kier molecular flexibility index (Phi) is 7.76. The van der Waals surface area contributed by atoms with Crippen LogP contribution < -0.4 is 14.8 Å². The van der Waals surface area contributed by atoms with Crippen molar-refractivity contribution in [3.63, 3.8) is 0 Å². The molecule has 2 aromatic rings. The summed E-state index contributed by atoms with van der Waals surface area (Å²) in [4.78, 5) is 41.3. The number of nitrogens with one attached hydrogen (secondary N) is 1. The number of imide groups is 1. The Morgan fingerprint density at radius 1 is 1.12 bits per heavy atom. The molecule has 3 heterocycles. The third-order valence-electron chi connectivity index (χ3n) is 8.05. The smallest absolute Gasteiger partial charge is 0.493 e. The van der Waals surface area contributed by atoms with Gasteiger partial charge in [-0.3, -0.25) is 19.7 Å². The van der Waals surface area contributed by atoms with Gasteiger partial charge in [-0.15, -0.1) is 13.2 Å². The lowest BCUT2D eigenvalue weighted by atomic mass is 9.89. The van der Waals surface area contributed by atoms with E-state index in [0.717, 1.165) is 50.0 Å². The maximum absolute atomic E-state index is 13.2. The summed E-state index contributed by atoms with van der Waals surface area (Å²) in [6, 6.07) is 11.5. The predicted octanol–water partition coefficient (Wildman–Crippen LogP) is 4.38. The third kappa shape index (κ3) is 5.94. The van der Waals surface area contributed by atoms with E-state index >= 15 is 0 Å². The third-order valence-corrected chi connectivity index (χ3v) is 8.05. The van der Waals surface area contributed by atoms with Crippen LogP contribution in [0.15, 0.2) is 42.5 Å². The molecule has 0 spiro atoms. The number of ether oxygens (including phenoxy) is 2. The van der Waals surface area contributed by atoms with Crippen LogP contribution in [-0.2, 0) is 16.1 Å². The van der Waals surface area contributed by atoms with E-state index in [1.807, 2.05) is 12.1 Å². The van der Waals surface area contributed by atoms with Gasteiger partial charge in [0.15, 0.2) is 0 Å². The number of piperidine rings is 2. The van der Waals surface area contributed by atoms with Gasteiger partial charge in [-0.1, -0.05) is 18.2 Å². The molecular formula is C29H32F3N3O5. The standard InChI is InChI=1S/C29H32F3N3O5/c1-28(12-11-25(36)33-27(28)38)35-18-23-22(26(35)37)9-3-10-24(23)39-15-5-14-34-13-4-7-20(17-34)19-6-2-8-21(16-19)40-29(30,31)32/h2-3,6,8-10,16,20H,4-5,7,11-15,17-18H2,1H3,(H,33,36,38)/t20?,28-/m0/s1. The molecule has 40 heavy (non-hydrogen) atoms. The lowest BCUT2D eigenvalue weighted by Gasteiger charge is -2.39. The van der Waals surface area contributed by atoms with Crippen molar-refractivity contribution in [1.82, 2.24) is 15.1 Å². The summed E-state index contributed by atoms with van der Waals surface area (Å²) >= 11 is 0. The van der Waals surface area contributed by atoms with E-state index < -0.39 is 17.8 Å². The van der Waals surface area contributed by atoms with E-state index in [1.54, 1.807) is 25.1 Å². The zero-order valence-electron chi connectivity index (χ0n) is 22.3. The second kappa shape index (κ2) is 11.1. The molecule has 11 heteroatoms. The maximum Gasteiger partial charge on any atom is 0.573 e. The van der Waals surface area contributed by atoms with Crippen molar-refractivity contribution in [2.75, 3.05) is 26.2 Å². The Morgan fingerprint density at radius 3 is 2.70 bits per heavy atom. The number of hydrogen-bond acceptors (Lipinski definition) is 6. The molecule has 0 saturated carbocycles. The van der Waals surface area contributed by atoms with E-state index in [0.29, 0.717) is 17.9 Å². The van der Waals surface area contributed by atoms with Gasteiger partial charge in [0.25, 0.3) is 11.8 Å². The molecule has 1 N–H and O–H groups in total. The normalized spacial score (nSPS) is 23.6. The molecule has 0 aliphatic carbocycles. The Bertz CT molecular complexity index is 1300. The summed E-state index contributed by atoms with van der Waals surface area (Å²) in [5.41, 5.74) is 0.961. The minimum Gasteiger partial charge on any atom is -0.493 e. The van der Waals surface area contributed by atoms with Gasteiger partial charge in [-0.2, -0.15) is 0 Å². The number of hydrogen-bond donors (Lipinski definition) is 1. The molecule has 2 atom stereocenters. The van der Waals surface area contributed by atoms with Gasteiger partial charge in [0.1, 0.15) is 17.0 Å². The zero-order valence-corrected chi connectivity index (χ0v) is 22.3. The molecule has 2 saturated heterocycles. The van der Waals surface area contributed by atoms with Crippen molar-refractivity contribution in [1.29, 1.82) is 0 Å². The number of alkyl halides is 3. The van der Waals surface area contributed by atoms with Crippen LogP contribution in [0.25, 0.3) is 0 Å². The van der Waals surface area contributed by atoms with Crippen molar-refractivity contribution in [2.24, 2.45) is 0 Å². The van der Waals surface area contributed by atoms with Crippen molar-refractivity contribution < 1.29 is 37.0 Å². The topological polar surface area (TPSA) is 88.2 Å². The highest BCUT2D eigenvalue weighted by atomic mass is 19.4. The molecule has 5 rings (SSSR count). The van der Waals surface area contributed by atoms with Crippen LogP contribution in [0.4, 0.5) is 13.2 Å². The first-order valence-electron chi connectivity index (χ1n) is 13.5. The minimum absolute atomic E-state index is 0.120. The largest absolute Gasteiger partial charge is 0.573 e. The molecule has 2 aromatic carbocycles. The molecule has 1 unspecified atom stereocenters. The van der Waals surface area contributed by atoms with Gasteiger partial charge < -0.3 is 19.3 Å². The molecule has 2 fully saturated rings. The molecule has 3 amide bonds. The average Bonchev–Trinajstić information content (AvgIpc) is 3.26. The number of benzene rings is 2. The monoisotopic (exact) mass is 559 g/mol. The second-order valence-electron chi connectivity index (χ2n) is 10.8. The number of carbonyl (C=O) groups excluding carboxylic acids is 3. The van der Waals surface area contributed by atoms with E-state index in [2.05, 4.69) is 15.0 Å². The van der Waals surface area contributed by atoms with Crippen LogP contribution in [0.2, 0.25) is 0 Å². The fourth-order valence-corrected chi connectivity index (χ4v) is 5.86. The first-order chi connectivity index (χ1) is 19.0. The molecule has 0 radical (unpaired) electrons. The van der Waals surface area contributed by atoms with Crippen molar-refractivity contribution in [3.8, 4) is 11.5 Å². The molecule has 3 aliphatic rings. The number of fused-ring (bicyclic) bond motifs is 1. The number of nitrogens with zero attached hydrogens (tertiary/aromatic N) is 2. The fraction of sp³-hybridized carbons (Fsp3) is 0.483. The van der Waals surface area contributed by atoms with Gasteiger partial charge in [0, 0.05) is 30.6 Å². The summed E-state index contributed by atoms with van der Waals surface area (Å²) in [5.74, 6) is -0.533. The highest BCUT2D eigenvalue weighted by Crippen LogP contribution is 2.38. The highest BCUT2D eigenvalue weighted by molar-refractivity contribution is 6.07. The lowest BCUT2D eigenvalue weighted by molar-refractivity contribution is -0.274. The first kappa shape index (κ1) is 27.9. The van der Waals surface area contributed by atoms with Crippen molar-refractivity contribution in [3.05, 3.63) is 59.2 Å². The highest BCUT2D eigenvalue weighted by Gasteiger charge is 2.49. The van der Waals surface area contributed by atoms with Gasteiger partial charge in [0.05, 0.1) is 13.2 Å². The Balaban J connectivity index is 1.15. The second-order valence-corrected chi connectivity index (χ2v) is 10.8. The number of carbonyl (C=O) groups is 3. The summed E-state index contributed by atoms with van der Waals surface area (Å²) < 4.78 is 48.1. The van der Waals surface area contributed by atoms with Crippen molar-refractivity contribution >= 4 is 17.7 Å². The fourth-order valence-electron chi connectivity index (χ4n) is 5.86. The Morgan fingerprint density at radius 2 is 1.93 bits per heavy atom. The van der Waals surface area contributed by atoms with E-state index in [9.17, 15) is 27.6 Å². The van der Waals surface area contributed by atoms with Gasteiger partial charge in [-0.25, -0.2) is 0 Å². The van der Waals surface area contributed by atoms with Gasteiger partial charge >= 0.3 is 6.36 Å². The summed E-state index contributed by atoms with van der Waals surface area (Å²) in [6.45, 7) is 4.75. The molecular weight excluding hydrogens is 527 g/mol. The Labute approximate surface area is 230 Å². The van der Waals surface area contributed by atoms with Crippen LogP contribution >= 0.6 is 0 Å². The van der Waals surface area contributed by atoms with E-state index in [4.69, 9.17) is 4.74 Å². The van der Waals surface area contributed by atoms with E-state index in [1.165, 1.54) is 17.0 Å². The first-order valence-corrected chi connectivity index (χ1v) is 13.5. The lowest BCUT2D eigenvalue weighted by Crippen LogP contribution is -2.61. The maximum atomic E-state index is 13.2. The van der Waals surface area contributed by atoms with Crippen LogP contribution in [0.5, 0.6) is 11.5 Å². The minimum atomic E-state index is -4.72. The Hall–Kier alpha value is -3.60. The molecule has 8 nitrogen and oxygen atoms in total.